The number of halogens is 1. The summed E-state index contributed by atoms with van der Waals surface area (Å²) in [6, 6.07) is 9.21. The molecule has 0 aliphatic carbocycles. The molecule has 1 N–H and O–H groups in total. The van der Waals surface area contributed by atoms with Crippen molar-refractivity contribution >= 4 is 28.5 Å². The third kappa shape index (κ3) is 3.05. The van der Waals surface area contributed by atoms with Gasteiger partial charge in [0, 0.05) is 24.3 Å². The molecule has 2 heterocycles. The Morgan fingerprint density at radius 1 is 1.26 bits per heavy atom. The normalized spacial score (nSPS) is 11.0. The summed E-state index contributed by atoms with van der Waals surface area (Å²) in [5, 5.41) is 8.78. The molecule has 0 aliphatic heterocycles. The number of carbonyl (C=O) groups excluding carboxylic acids is 1. The van der Waals surface area contributed by atoms with Gasteiger partial charge >= 0.3 is 0 Å². The Balaban J connectivity index is 1.90. The van der Waals surface area contributed by atoms with E-state index in [2.05, 4.69) is 15.4 Å². The van der Waals surface area contributed by atoms with E-state index in [1.165, 1.54) is 0 Å². The van der Waals surface area contributed by atoms with Crippen LogP contribution in [-0.2, 0) is 13.6 Å². The number of amides is 1. The van der Waals surface area contributed by atoms with E-state index in [1.54, 1.807) is 10.7 Å². The first-order valence-electron chi connectivity index (χ1n) is 7.29. The second-order valence-corrected chi connectivity index (χ2v) is 5.96. The smallest absolute Gasteiger partial charge is 0.252 e. The van der Waals surface area contributed by atoms with E-state index in [4.69, 9.17) is 11.6 Å². The van der Waals surface area contributed by atoms with Crippen LogP contribution in [0.2, 0.25) is 5.02 Å². The minimum atomic E-state index is -0.133. The zero-order valence-electron chi connectivity index (χ0n) is 13.2. The monoisotopic (exact) mass is 328 g/mol. The van der Waals surface area contributed by atoms with Crippen LogP contribution < -0.4 is 5.32 Å². The molecule has 0 saturated heterocycles. The molecule has 0 spiro atoms. The van der Waals surface area contributed by atoms with Crippen molar-refractivity contribution in [3.8, 4) is 0 Å². The van der Waals surface area contributed by atoms with Crippen molar-refractivity contribution in [2.75, 3.05) is 0 Å². The average Bonchev–Trinajstić information content (AvgIpc) is 2.80. The lowest BCUT2D eigenvalue weighted by molar-refractivity contribution is 0.0952. The van der Waals surface area contributed by atoms with Gasteiger partial charge in [0.1, 0.15) is 0 Å². The molecule has 0 radical (unpaired) electrons. The van der Waals surface area contributed by atoms with E-state index in [9.17, 15) is 4.79 Å². The van der Waals surface area contributed by atoms with Crippen LogP contribution in [0.5, 0.6) is 0 Å². The van der Waals surface area contributed by atoms with E-state index in [-0.39, 0.29) is 5.91 Å². The molecule has 6 heteroatoms. The Labute approximate surface area is 139 Å². The summed E-state index contributed by atoms with van der Waals surface area (Å²) in [4.78, 5) is 17.1. The Morgan fingerprint density at radius 2 is 1.96 bits per heavy atom. The van der Waals surface area contributed by atoms with Crippen LogP contribution >= 0.6 is 11.6 Å². The van der Waals surface area contributed by atoms with Crippen molar-refractivity contribution in [1.29, 1.82) is 0 Å². The Hall–Kier alpha value is -2.40. The van der Waals surface area contributed by atoms with Crippen LogP contribution in [0.1, 0.15) is 27.3 Å². The first kappa shape index (κ1) is 15.5. The molecule has 1 amide bonds. The standard InChI is InChI=1S/C17H17ClN4O/c1-10-8-14(15-11(2)21-22(3)16(15)20-10)17(23)19-9-12-4-6-13(18)7-5-12/h4-8H,9H2,1-3H3,(H,19,23). The van der Waals surface area contributed by atoms with E-state index in [1.807, 2.05) is 45.2 Å². The zero-order chi connectivity index (χ0) is 16.6. The number of nitrogens with zero attached hydrogens (tertiary/aromatic N) is 3. The van der Waals surface area contributed by atoms with Crippen LogP contribution in [0.15, 0.2) is 30.3 Å². The number of nitrogens with one attached hydrogen (secondary N) is 1. The zero-order valence-corrected chi connectivity index (χ0v) is 14.0. The average molecular weight is 329 g/mol. The number of hydrogen-bond donors (Lipinski definition) is 1. The van der Waals surface area contributed by atoms with Crippen molar-refractivity contribution in [3.63, 3.8) is 0 Å². The molecule has 23 heavy (non-hydrogen) atoms. The maximum Gasteiger partial charge on any atom is 0.252 e. The summed E-state index contributed by atoms with van der Waals surface area (Å²) < 4.78 is 1.70. The molecule has 0 bridgehead atoms. The minimum absolute atomic E-state index is 0.133. The van der Waals surface area contributed by atoms with Crippen molar-refractivity contribution in [1.82, 2.24) is 20.1 Å². The van der Waals surface area contributed by atoms with Crippen molar-refractivity contribution < 1.29 is 4.79 Å². The molecular weight excluding hydrogens is 312 g/mol. The highest BCUT2D eigenvalue weighted by Crippen LogP contribution is 2.21. The summed E-state index contributed by atoms with van der Waals surface area (Å²) in [6.07, 6.45) is 0. The first-order chi connectivity index (χ1) is 11.0. The molecule has 1 aromatic carbocycles. The molecule has 3 rings (SSSR count). The highest BCUT2D eigenvalue weighted by atomic mass is 35.5. The maximum atomic E-state index is 12.6. The van der Waals surface area contributed by atoms with Crippen LogP contribution in [-0.4, -0.2) is 20.7 Å². The number of carbonyl (C=O) groups is 1. The van der Waals surface area contributed by atoms with Gasteiger partial charge in [-0.3, -0.25) is 9.48 Å². The molecule has 0 unspecified atom stereocenters. The third-order valence-corrected chi connectivity index (χ3v) is 3.96. The molecule has 0 aliphatic rings. The van der Waals surface area contributed by atoms with Crippen molar-refractivity contribution in [2.45, 2.75) is 20.4 Å². The minimum Gasteiger partial charge on any atom is -0.348 e. The summed E-state index contributed by atoms with van der Waals surface area (Å²) >= 11 is 5.87. The highest BCUT2D eigenvalue weighted by molar-refractivity contribution is 6.30. The van der Waals surface area contributed by atoms with E-state index >= 15 is 0 Å². The van der Waals surface area contributed by atoms with Crippen LogP contribution in [0.3, 0.4) is 0 Å². The molecule has 5 nitrogen and oxygen atoms in total. The van der Waals surface area contributed by atoms with Gasteiger partial charge in [-0.2, -0.15) is 5.10 Å². The van der Waals surface area contributed by atoms with E-state index in [0.717, 1.165) is 28.0 Å². The Kier molecular flexibility index (Phi) is 4.05. The Morgan fingerprint density at radius 3 is 2.65 bits per heavy atom. The number of aromatic nitrogens is 3. The molecule has 2 aromatic heterocycles. The van der Waals surface area contributed by atoms with Gasteiger partial charge in [-0.25, -0.2) is 4.98 Å². The topological polar surface area (TPSA) is 59.8 Å². The van der Waals surface area contributed by atoms with E-state index < -0.39 is 0 Å². The molecule has 3 aromatic rings. The number of fused-ring (bicyclic) bond motifs is 1. The quantitative estimate of drug-likeness (QED) is 0.803. The lowest BCUT2D eigenvalue weighted by Gasteiger charge is -2.08. The van der Waals surface area contributed by atoms with Crippen molar-refractivity contribution in [3.05, 3.63) is 57.9 Å². The predicted octanol–water partition coefficient (Wildman–Crippen LogP) is 3.17. The van der Waals surface area contributed by atoms with Gasteiger partial charge in [-0.15, -0.1) is 0 Å². The Bertz CT molecular complexity index is 884. The SMILES string of the molecule is Cc1cc(C(=O)NCc2ccc(Cl)cc2)c2c(C)nn(C)c2n1. The second-order valence-electron chi connectivity index (χ2n) is 5.53. The van der Waals surface area contributed by atoms with Gasteiger partial charge in [0.15, 0.2) is 5.65 Å². The van der Waals surface area contributed by atoms with Crippen LogP contribution in [0, 0.1) is 13.8 Å². The number of aryl methyl sites for hydroxylation is 3. The maximum absolute atomic E-state index is 12.6. The fourth-order valence-corrected chi connectivity index (χ4v) is 2.75. The summed E-state index contributed by atoms with van der Waals surface area (Å²) in [7, 11) is 1.83. The van der Waals surface area contributed by atoms with Gasteiger partial charge in [-0.05, 0) is 37.6 Å². The lowest BCUT2D eigenvalue weighted by Crippen LogP contribution is -2.23. The summed E-state index contributed by atoms with van der Waals surface area (Å²) in [5.41, 5.74) is 3.91. The van der Waals surface area contributed by atoms with Crippen LogP contribution in [0.25, 0.3) is 11.0 Å². The third-order valence-electron chi connectivity index (χ3n) is 3.71. The first-order valence-corrected chi connectivity index (χ1v) is 7.67. The molecule has 118 valence electrons. The fraction of sp³-hybridized carbons (Fsp3) is 0.235. The highest BCUT2D eigenvalue weighted by Gasteiger charge is 2.17. The predicted molar refractivity (Wildman–Crippen MR) is 90.6 cm³/mol. The molecule has 0 saturated carbocycles. The molecule has 0 atom stereocenters. The van der Waals surface area contributed by atoms with E-state index in [0.29, 0.717) is 17.1 Å². The van der Waals surface area contributed by atoms with Crippen LogP contribution in [0.4, 0.5) is 0 Å². The largest absolute Gasteiger partial charge is 0.348 e. The van der Waals surface area contributed by atoms with Gasteiger partial charge < -0.3 is 5.32 Å². The van der Waals surface area contributed by atoms with Gasteiger partial charge in [0.2, 0.25) is 0 Å². The van der Waals surface area contributed by atoms with Gasteiger partial charge in [-0.1, -0.05) is 23.7 Å². The number of pyridine rings is 1. The number of rotatable bonds is 3. The summed E-state index contributed by atoms with van der Waals surface area (Å²) in [5.74, 6) is -0.133. The molecular formula is C17H17ClN4O. The molecule has 0 fully saturated rings. The number of hydrogen-bond acceptors (Lipinski definition) is 3. The second kappa shape index (κ2) is 6.01. The number of benzene rings is 1. The lowest BCUT2D eigenvalue weighted by atomic mass is 10.1. The summed E-state index contributed by atoms with van der Waals surface area (Å²) in [6.45, 7) is 4.20. The van der Waals surface area contributed by atoms with Gasteiger partial charge in [0.05, 0.1) is 16.6 Å². The van der Waals surface area contributed by atoms with Crippen molar-refractivity contribution in [2.24, 2.45) is 7.05 Å². The van der Waals surface area contributed by atoms with Gasteiger partial charge in [0.25, 0.3) is 5.91 Å². The fourth-order valence-electron chi connectivity index (χ4n) is 2.63.